The van der Waals surface area contributed by atoms with Crippen molar-refractivity contribution in [2.45, 2.75) is 32.1 Å². The number of carbonyl (C=O) groups excluding carboxylic acids is 1. The van der Waals surface area contributed by atoms with Crippen molar-refractivity contribution >= 4 is 11.6 Å². The Morgan fingerprint density at radius 3 is 2.85 bits per heavy atom. The maximum atomic E-state index is 12.1. The maximum absolute atomic E-state index is 12.1. The molecule has 0 aliphatic heterocycles. The van der Waals surface area contributed by atoms with E-state index in [9.17, 15) is 4.79 Å². The van der Waals surface area contributed by atoms with Crippen molar-refractivity contribution in [1.29, 1.82) is 0 Å². The van der Waals surface area contributed by atoms with Gasteiger partial charge in [-0.1, -0.05) is 6.07 Å². The molecule has 2 aromatic heterocycles. The quantitative estimate of drug-likeness (QED) is 0.926. The Bertz CT molecular complexity index is 618. The number of amides is 1. The van der Waals surface area contributed by atoms with E-state index in [-0.39, 0.29) is 5.91 Å². The molecule has 3 rings (SSSR count). The molecule has 0 bridgehead atoms. The summed E-state index contributed by atoms with van der Waals surface area (Å²) < 4.78 is 0. The zero-order valence-corrected chi connectivity index (χ0v) is 11.5. The van der Waals surface area contributed by atoms with Crippen LogP contribution in [0.25, 0.3) is 0 Å². The molecule has 4 heteroatoms. The Morgan fingerprint density at radius 2 is 2.15 bits per heavy atom. The topological polar surface area (TPSA) is 54.9 Å². The van der Waals surface area contributed by atoms with Crippen LogP contribution in [0, 0.1) is 6.92 Å². The SMILES string of the molecule is Cc1ccc(CC(=O)Nc2cccnc2C2CC2)cn1. The molecule has 2 heterocycles. The third-order valence-electron chi connectivity index (χ3n) is 3.41. The van der Waals surface area contributed by atoms with Gasteiger partial charge in [-0.05, 0) is 43.5 Å². The lowest BCUT2D eigenvalue weighted by atomic mass is 10.1. The highest BCUT2D eigenvalue weighted by Crippen LogP contribution is 2.41. The van der Waals surface area contributed by atoms with Gasteiger partial charge in [0.05, 0.1) is 17.8 Å². The summed E-state index contributed by atoms with van der Waals surface area (Å²) in [6.45, 7) is 1.93. The predicted octanol–water partition coefficient (Wildman–Crippen LogP) is 2.84. The summed E-state index contributed by atoms with van der Waals surface area (Å²) in [5.41, 5.74) is 3.74. The second-order valence-corrected chi connectivity index (χ2v) is 5.24. The van der Waals surface area contributed by atoms with Gasteiger partial charge in [0.2, 0.25) is 5.91 Å². The smallest absolute Gasteiger partial charge is 0.228 e. The van der Waals surface area contributed by atoms with Gasteiger partial charge < -0.3 is 5.32 Å². The minimum atomic E-state index is -0.0226. The van der Waals surface area contributed by atoms with E-state index in [1.165, 1.54) is 12.8 Å². The first kappa shape index (κ1) is 12.8. The normalized spacial score (nSPS) is 14.1. The number of nitrogens with one attached hydrogen (secondary N) is 1. The van der Waals surface area contributed by atoms with Gasteiger partial charge in [-0.15, -0.1) is 0 Å². The first-order valence-electron chi connectivity index (χ1n) is 6.88. The van der Waals surface area contributed by atoms with Crippen molar-refractivity contribution in [3.05, 3.63) is 53.6 Å². The van der Waals surface area contributed by atoms with Crippen LogP contribution in [0.3, 0.4) is 0 Å². The molecule has 1 aliphatic carbocycles. The second-order valence-electron chi connectivity index (χ2n) is 5.24. The number of aryl methyl sites for hydroxylation is 1. The van der Waals surface area contributed by atoms with Crippen LogP contribution in [-0.2, 0) is 11.2 Å². The minimum Gasteiger partial charge on any atom is -0.324 e. The molecule has 20 heavy (non-hydrogen) atoms. The molecule has 0 atom stereocenters. The van der Waals surface area contributed by atoms with Crippen molar-refractivity contribution < 1.29 is 4.79 Å². The summed E-state index contributed by atoms with van der Waals surface area (Å²) in [6.07, 6.45) is 6.21. The monoisotopic (exact) mass is 267 g/mol. The molecule has 1 amide bonds. The Balaban J connectivity index is 1.68. The van der Waals surface area contributed by atoms with Gasteiger partial charge in [0.25, 0.3) is 0 Å². The lowest BCUT2D eigenvalue weighted by molar-refractivity contribution is -0.115. The summed E-state index contributed by atoms with van der Waals surface area (Å²) >= 11 is 0. The summed E-state index contributed by atoms with van der Waals surface area (Å²) in [5, 5.41) is 2.97. The molecular formula is C16H17N3O. The highest BCUT2D eigenvalue weighted by molar-refractivity contribution is 5.92. The zero-order chi connectivity index (χ0) is 13.9. The van der Waals surface area contributed by atoms with E-state index in [1.807, 2.05) is 31.2 Å². The van der Waals surface area contributed by atoms with Crippen LogP contribution in [0.15, 0.2) is 36.7 Å². The Labute approximate surface area is 118 Å². The number of carbonyl (C=O) groups is 1. The van der Waals surface area contributed by atoms with Crippen LogP contribution in [0.4, 0.5) is 5.69 Å². The van der Waals surface area contributed by atoms with Gasteiger partial charge in [-0.25, -0.2) is 0 Å². The number of rotatable bonds is 4. The second kappa shape index (κ2) is 5.41. The summed E-state index contributed by atoms with van der Waals surface area (Å²) in [7, 11) is 0. The average molecular weight is 267 g/mol. The third kappa shape index (κ3) is 3.02. The molecule has 1 aliphatic rings. The Kier molecular flexibility index (Phi) is 3.46. The number of anilines is 1. The van der Waals surface area contributed by atoms with E-state index in [0.29, 0.717) is 12.3 Å². The van der Waals surface area contributed by atoms with Crippen LogP contribution < -0.4 is 5.32 Å². The first-order valence-corrected chi connectivity index (χ1v) is 6.88. The van der Waals surface area contributed by atoms with E-state index in [4.69, 9.17) is 0 Å². The van der Waals surface area contributed by atoms with Gasteiger partial charge in [-0.2, -0.15) is 0 Å². The average Bonchev–Trinajstić information content (AvgIpc) is 3.26. The van der Waals surface area contributed by atoms with Crippen LogP contribution in [0.5, 0.6) is 0 Å². The van der Waals surface area contributed by atoms with Crippen LogP contribution in [0.1, 0.15) is 35.7 Å². The van der Waals surface area contributed by atoms with Crippen LogP contribution in [0.2, 0.25) is 0 Å². The molecular weight excluding hydrogens is 250 g/mol. The van der Waals surface area contributed by atoms with Crippen molar-refractivity contribution in [3.8, 4) is 0 Å². The molecule has 2 aromatic rings. The van der Waals surface area contributed by atoms with Gasteiger partial charge in [0.15, 0.2) is 0 Å². The minimum absolute atomic E-state index is 0.0226. The fourth-order valence-corrected chi connectivity index (χ4v) is 2.19. The Morgan fingerprint density at radius 1 is 1.30 bits per heavy atom. The van der Waals surface area contributed by atoms with Crippen molar-refractivity contribution in [3.63, 3.8) is 0 Å². The van der Waals surface area contributed by atoms with Gasteiger partial charge in [-0.3, -0.25) is 14.8 Å². The molecule has 0 radical (unpaired) electrons. The highest BCUT2D eigenvalue weighted by atomic mass is 16.1. The molecule has 102 valence electrons. The number of aromatic nitrogens is 2. The molecule has 0 spiro atoms. The molecule has 1 saturated carbocycles. The number of pyridine rings is 2. The van der Waals surface area contributed by atoms with Crippen molar-refractivity contribution in [2.75, 3.05) is 5.32 Å². The first-order chi connectivity index (χ1) is 9.72. The van der Waals surface area contributed by atoms with E-state index in [2.05, 4.69) is 15.3 Å². The predicted molar refractivity (Wildman–Crippen MR) is 77.5 cm³/mol. The van der Waals surface area contributed by atoms with Crippen molar-refractivity contribution in [2.24, 2.45) is 0 Å². The highest BCUT2D eigenvalue weighted by Gasteiger charge is 2.27. The van der Waals surface area contributed by atoms with E-state index in [0.717, 1.165) is 22.6 Å². The fraction of sp³-hybridized carbons (Fsp3) is 0.312. The number of hydrogen-bond acceptors (Lipinski definition) is 3. The van der Waals surface area contributed by atoms with Gasteiger partial charge in [0.1, 0.15) is 0 Å². The van der Waals surface area contributed by atoms with E-state index < -0.39 is 0 Å². The summed E-state index contributed by atoms with van der Waals surface area (Å²) in [4.78, 5) is 20.7. The van der Waals surface area contributed by atoms with Crippen LogP contribution in [-0.4, -0.2) is 15.9 Å². The van der Waals surface area contributed by atoms with E-state index >= 15 is 0 Å². The molecule has 0 saturated heterocycles. The number of nitrogens with zero attached hydrogens (tertiary/aromatic N) is 2. The lowest BCUT2D eigenvalue weighted by Gasteiger charge is -2.09. The van der Waals surface area contributed by atoms with E-state index in [1.54, 1.807) is 12.4 Å². The van der Waals surface area contributed by atoms with Crippen LogP contribution >= 0.6 is 0 Å². The van der Waals surface area contributed by atoms with Gasteiger partial charge in [0, 0.05) is 24.0 Å². The van der Waals surface area contributed by atoms with Gasteiger partial charge >= 0.3 is 0 Å². The molecule has 1 fully saturated rings. The molecule has 0 aromatic carbocycles. The molecule has 0 unspecified atom stereocenters. The zero-order valence-electron chi connectivity index (χ0n) is 11.5. The molecule has 4 nitrogen and oxygen atoms in total. The Hall–Kier alpha value is -2.23. The van der Waals surface area contributed by atoms with Crippen molar-refractivity contribution in [1.82, 2.24) is 9.97 Å². The standard InChI is InChI=1S/C16H17N3O/c1-11-4-5-12(10-18-11)9-15(20)19-14-3-2-8-17-16(14)13-6-7-13/h2-5,8,10,13H,6-7,9H2,1H3,(H,19,20). The summed E-state index contributed by atoms with van der Waals surface area (Å²) in [6, 6.07) is 7.64. The maximum Gasteiger partial charge on any atom is 0.228 e. The molecule has 1 N–H and O–H groups in total. The largest absolute Gasteiger partial charge is 0.324 e. The number of hydrogen-bond donors (Lipinski definition) is 1. The lowest BCUT2D eigenvalue weighted by Crippen LogP contribution is -2.16. The third-order valence-corrected chi connectivity index (χ3v) is 3.41. The fourth-order valence-electron chi connectivity index (χ4n) is 2.19. The summed E-state index contributed by atoms with van der Waals surface area (Å²) in [5.74, 6) is 0.498.